The topological polar surface area (TPSA) is 254 Å². The van der Waals surface area contributed by atoms with Gasteiger partial charge in [0, 0.05) is 44.0 Å². The second-order valence-corrected chi connectivity index (χ2v) is 17.2. The van der Waals surface area contributed by atoms with E-state index >= 15 is 0 Å². The zero-order valence-electron chi connectivity index (χ0n) is 41.8. The molecule has 1 aliphatic heterocycles. The largest absolute Gasteiger partial charge is 0.461 e. The Balaban J connectivity index is 1.33. The highest BCUT2D eigenvalue weighted by molar-refractivity contribution is 6.04. The fourth-order valence-electron chi connectivity index (χ4n) is 6.24. The molecule has 21 heteroatoms. The first kappa shape index (κ1) is 60.5. The molecule has 0 saturated carbocycles. The van der Waals surface area contributed by atoms with Crippen LogP contribution in [-0.4, -0.2) is 177 Å². The molecule has 0 radical (unpaired) electrons. The van der Waals surface area contributed by atoms with Crippen LogP contribution in [0.4, 0.5) is 5.69 Å². The Labute approximate surface area is 407 Å². The zero-order chi connectivity index (χ0) is 50.8. The van der Waals surface area contributed by atoms with E-state index in [0.717, 1.165) is 5.56 Å². The van der Waals surface area contributed by atoms with E-state index < -0.39 is 23.9 Å². The molecule has 0 aliphatic carbocycles. The van der Waals surface area contributed by atoms with Crippen LogP contribution >= 0.6 is 0 Å². The minimum absolute atomic E-state index is 0.0430. The maximum Gasteiger partial charge on any atom is 0.308 e. The van der Waals surface area contributed by atoms with E-state index in [1.165, 1.54) is 4.90 Å². The summed E-state index contributed by atoms with van der Waals surface area (Å²) < 4.78 is 49.1. The maximum atomic E-state index is 13.0. The first-order valence-electron chi connectivity index (χ1n) is 24.0. The van der Waals surface area contributed by atoms with Crippen molar-refractivity contribution in [2.75, 3.05) is 124 Å². The van der Waals surface area contributed by atoms with Gasteiger partial charge in [0.15, 0.2) is 0 Å². The van der Waals surface area contributed by atoms with Crippen LogP contribution < -0.4 is 21.3 Å². The highest BCUT2D eigenvalue weighted by Gasteiger charge is 2.39. The molecule has 0 aromatic heterocycles. The number of hydrogen-bond donors (Lipinski definition) is 4. The van der Waals surface area contributed by atoms with E-state index in [-0.39, 0.29) is 98.9 Å². The lowest BCUT2D eigenvalue weighted by atomic mass is 9.94. The molecule has 69 heavy (non-hydrogen) atoms. The lowest BCUT2D eigenvalue weighted by Crippen LogP contribution is -2.53. The summed E-state index contributed by atoms with van der Waals surface area (Å²) in [7, 11) is 0. The zero-order valence-corrected chi connectivity index (χ0v) is 41.8. The Morgan fingerprint density at radius 2 is 1.07 bits per heavy atom. The Kier molecular flexibility index (Phi) is 31.9. The van der Waals surface area contributed by atoms with Gasteiger partial charge >= 0.3 is 5.97 Å². The monoisotopic (exact) mass is 982 g/mol. The molecule has 0 spiro atoms. The summed E-state index contributed by atoms with van der Waals surface area (Å²) in [6, 6.07) is 5.11. The molecule has 1 heterocycles. The number of esters is 1. The van der Waals surface area contributed by atoms with Crippen LogP contribution in [0.3, 0.4) is 0 Å². The summed E-state index contributed by atoms with van der Waals surface area (Å²) >= 11 is 0. The number of anilines is 1. The average Bonchev–Trinajstić information content (AvgIpc) is 3.60. The lowest BCUT2D eigenvalue weighted by Gasteiger charge is -2.24. The number of nitrogens with one attached hydrogen (secondary N) is 4. The fraction of sp³-hybridized carbons (Fsp3) is 0.729. The fourth-order valence-corrected chi connectivity index (χ4v) is 6.24. The third-order valence-electron chi connectivity index (χ3n) is 10.4. The smallest absolute Gasteiger partial charge is 0.308 e. The highest BCUT2D eigenvalue weighted by atomic mass is 16.6. The molecule has 1 aromatic rings. The summed E-state index contributed by atoms with van der Waals surface area (Å²) in [6.07, 6.45) is 0.323. The Morgan fingerprint density at radius 1 is 0.594 bits per heavy atom. The van der Waals surface area contributed by atoms with Gasteiger partial charge in [0.05, 0.1) is 112 Å². The van der Waals surface area contributed by atoms with Gasteiger partial charge in [0.25, 0.3) is 0 Å². The van der Waals surface area contributed by atoms with Crippen molar-refractivity contribution in [3.05, 3.63) is 29.8 Å². The van der Waals surface area contributed by atoms with E-state index in [9.17, 15) is 33.6 Å². The van der Waals surface area contributed by atoms with Crippen LogP contribution in [0.2, 0.25) is 0 Å². The molecule has 392 valence electrons. The van der Waals surface area contributed by atoms with Crippen molar-refractivity contribution in [1.29, 1.82) is 0 Å². The number of rotatable bonds is 40. The summed E-state index contributed by atoms with van der Waals surface area (Å²) in [4.78, 5) is 87.8. The average molecular weight is 982 g/mol. The number of nitrogens with zero attached hydrogens (tertiary/aromatic N) is 1. The SMILES string of the molecule is CC(C)C(=O)OCc1ccc(NC(=O)C(C)NC(=O)[C@@H](NC(=O)CCOCCOCCOCCOCCOCCOCCOCCOCCNC(=O)CCN2C(=O)CC(C(C)C)C2=O)C(C)C)cc1. The number of hydrogen-bond acceptors (Lipinski definition) is 16. The first-order valence-corrected chi connectivity index (χ1v) is 24.0. The van der Waals surface area contributed by atoms with Crippen LogP contribution in [0.1, 0.15) is 73.3 Å². The second-order valence-electron chi connectivity index (χ2n) is 17.2. The van der Waals surface area contributed by atoms with Crippen molar-refractivity contribution in [2.24, 2.45) is 23.7 Å². The lowest BCUT2D eigenvalue weighted by molar-refractivity contribution is -0.148. The summed E-state index contributed by atoms with van der Waals surface area (Å²) in [6.45, 7) is 18.9. The van der Waals surface area contributed by atoms with Crippen LogP contribution in [0, 0.1) is 23.7 Å². The summed E-state index contributed by atoms with van der Waals surface area (Å²) in [5.41, 5.74) is 1.29. The van der Waals surface area contributed by atoms with E-state index in [0.29, 0.717) is 105 Å². The number of amides is 6. The second kappa shape index (κ2) is 36.3. The molecule has 1 aromatic carbocycles. The van der Waals surface area contributed by atoms with Crippen molar-refractivity contribution >= 4 is 47.1 Å². The van der Waals surface area contributed by atoms with Gasteiger partial charge in [-0.05, 0) is 36.5 Å². The predicted molar refractivity (Wildman–Crippen MR) is 253 cm³/mol. The Bertz CT molecular complexity index is 1660. The van der Waals surface area contributed by atoms with Crippen molar-refractivity contribution in [3.63, 3.8) is 0 Å². The maximum absolute atomic E-state index is 13.0. The number of benzene rings is 1. The Hall–Kier alpha value is -4.61. The number of imide groups is 1. The molecular formula is C48H79N5O16. The molecule has 21 nitrogen and oxygen atoms in total. The summed E-state index contributed by atoms with van der Waals surface area (Å²) in [5.74, 6) is -2.89. The summed E-state index contributed by atoms with van der Waals surface area (Å²) in [5, 5.41) is 10.9. The molecule has 0 bridgehead atoms. The van der Waals surface area contributed by atoms with Gasteiger partial charge in [0.1, 0.15) is 18.7 Å². The van der Waals surface area contributed by atoms with Gasteiger partial charge in [-0.15, -0.1) is 0 Å². The van der Waals surface area contributed by atoms with Gasteiger partial charge in [0.2, 0.25) is 35.4 Å². The quantitative estimate of drug-likeness (QED) is 0.0417. The highest BCUT2D eigenvalue weighted by Crippen LogP contribution is 2.26. The van der Waals surface area contributed by atoms with E-state index in [1.807, 2.05) is 13.8 Å². The molecule has 1 aliphatic rings. The predicted octanol–water partition coefficient (Wildman–Crippen LogP) is 2.03. The van der Waals surface area contributed by atoms with Crippen LogP contribution in [0.25, 0.3) is 0 Å². The number of likely N-dealkylation sites (tertiary alicyclic amines) is 1. The third-order valence-corrected chi connectivity index (χ3v) is 10.4. The van der Waals surface area contributed by atoms with Gasteiger partial charge in [-0.1, -0.05) is 53.7 Å². The normalized spacial score (nSPS) is 14.6. The van der Waals surface area contributed by atoms with Crippen molar-refractivity contribution in [2.45, 2.75) is 86.4 Å². The third kappa shape index (κ3) is 27.4. The number of carbonyl (C=O) groups excluding carboxylic acids is 7. The molecule has 4 N–H and O–H groups in total. The Morgan fingerprint density at radius 3 is 1.52 bits per heavy atom. The van der Waals surface area contributed by atoms with Gasteiger partial charge < -0.3 is 63.9 Å². The van der Waals surface area contributed by atoms with Crippen LogP contribution in [0.15, 0.2) is 24.3 Å². The molecule has 3 atom stereocenters. The standard InChI is InChI=1S/C48H79N5O16/c1-34(2)40-32-43(56)53(47(40)59)15-12-41(54)49-14-17-62-19-21-64-23-25-66-27-29-68-31-30-67-28-26-65-24-22-63-20-18-61-16-13-42(55)52-44(35(3)4)46(58)50-37(7)45(57)51-39-10-8-38(9-11-39)33-69-48(60)36(5)6/h8-11,34-37,40,44H,12-33H2,1-7H3,(H,49,54)(H,50,58)(H,51,57)(H,52,55)/t37?,40?,44-/m0/s1. The number of carbonyl (C=O) groups is 7. The van der Waals surface area contributed by atoms with Crippen molar-refractivity contribution < 1.29 is 76.2 Å². The van der Waals surface area contributed by atoms with E-state index in [4.69, 9.17) is 42.6 Å². The molecule has 1 fully saturated rings. The van der Waals surface area contributed by atoms with E-state index in [2.05, 4.69) is 21.3 Å². The van der Waals surface area contributed by atoms with Gasteiger partial charge in [-0.25, -0.2) is 0 Å². The van der Waals surface area contributed by atoms with Crippen LogP contribution in [0.5, 0.6) is 0 Å². The van der Waals surface area contributed by atoms with Crippen molar-refractivity contribution in [3.8, 4) is 0 Å². The van der Waals surface area contributed by atoms with Gasteiger partial charge in [-0.3, -0.25) is 38.5 Å². The minimum Gasteiger partial charge on any atom is -0.461 e. The van der Waals surface area contributed by atoms with Crippen molar-refractivity contribution in [1.82, 2.24) is 20.9 Å². The molecular weight excluding hydrogens is 903 g/mol. The first-order chi connectivity index (χ1) is 33.1. The molecule has 2 rings (SSSR count). The number of ether oxygens (including phenoxy) is 9. The van der Waals surface area contributed by atoms with Gasteiger partial charge in [-0.2, -0.15) is 0 Å². The van der Waals surface area contributed by atoms with E-state index in [1.54, 1.807) is 58.9 Å². The molecule has 1 saturated heterocycles. The minimum atomic E-state index is -0.877. The van der Waals surface area contributed by atoms with Crippen LogP contribution in [-0.2, 0) is 82.8 Å². The molecule has 2 unspecified atom stereocenters. The molecule has 6 amide bonds.